The van der Waals surface area contributed by atoms with Crippen LogP contribution in [-0.4, -0.2) is 58.0 Å². The van der Waals surface area contributed by atoms with Crippen molar-refractivity contribution < 1.29 is 45.1 Å². The van der Waals surface area contributed by atoms with Crippen molar-refractivity contribution in [2.75, 3.05) is 18.8 Å². The van der Waals surface area contributed by atoms with Crippen molar-refractivity contribution in [1.29, 1.82) is 0 Å². The van der Waals surface area contributed by atoms with Crippen LogP contribution < -0.4 is 4.74 Å². The Kier molecular flexibility index (Phi) is 14.4. The summed E-state index contributed by atoms with van der Waals surface area (Å²) in [5.41, 5.74) is 0.320. The molecule has 0 aliphatic carbocycles. The number of hydrogen-bond donors (Lipinski definition) is 0. The second kappa shape index (κ2) is 15.7. The molecule has 0 saturated carbocycles. The quantitative estimate of drug-likeness (QED) is 0.384. The van der Waals surface area contributed by atoms with Gasteiger partial charge in [-0.3, -0.25) is 4.79 Å². The highest BCUT2D eigenvalue weighted by Gasteiger charge is 2.34. The molecule has 1 fully saturated rings. The number of alkyl halides is 3. The van der Waals surface area contributed by atoms with E-state index in [2.05, 4.69) is 4.74 Å². The van der Waals surface area contributed by atoms with Gasteiger partial charge in [0.2, 0.25) is 0 Å². The van der Waals surface area contributed by atoms with Gasteiger partial charge in [0.15, 0.2) is 9.84 Å². The van der Waals surface area contributed by atoms with Crippen LogP contribution in [0.5, 0.6) is 5.75 Å². The van der Waals surface area contributed by atoms with E-state index in [9.17, 15) is 30.8 Å². The van der Waals surface area contributed by atoms with E-state index >= 15 is 0 Å². The van der Waals surface area contributed by atoms with Crippen LogP contribution in [0.15, 0.2) is 47.4 Å². The molecule has 7 nitrogen and oxygen atoms in total. The van der Waals surface area contributed by atoms with Crippen molar-refractivity contribution in [2.45, 2.75) is 44.9 Å². The lowest BCUT2D eigenvalue weighted by Crippen LogP contribution is -2.40. The predicted octanol–water partition coefficient (Wildman–Crippen LogP) is 5.02. The Morgan fingerprint density at radius 1 is 1.00 bits per heavy atom. The molecule has 1 heterocycles. The molecule has 0 radical (unpaired) electrons. The Hall–Kier alpha value is -3.28. The van der Waals surface area contributed by atoms with Gasteiger partial charge in [-0.1, -0.05) is 19.9 Å². The normalized spacial score (nSPS) is 13.5. The molecule has 0 aromatic heterocycles. The van der Waals surface area contributed by atoms with Gasteiger partial charge in [0.1, 0.15) is 25.1 Å². The first kappa shape index (κ1) is 33.7. The maximum Gasteiger partial charge on any atom is 0.573 e. The van der Waals surface area contributed by atoms with Crippen LogP contribution >= 0.6 is 0 Å². The SMILES string of the molecule is C=O.C=O.CC.Cc1ccc(C(=O)N2CCC(CS(=O)(=O)c3ccc(F)cc3)CC2)c(OC(F)(F)F)c1. The third-order valence-corrected chi connectivity index (χ3v) is 7.02. The molecule has 1 aliphatic heterocycles. The van der Waals surface area contributed by atoms with Crippen molar-refractivity contribution in [1.82, 2.24) is 4.90 Å². The topological polar surface area (TPSA) is 97.8 Å². The van der Waals surface area contributed by atoms with Crippen molar-refractivity contribution in [3.8, 4) is 5.75 Å². The molecule has 37 heavy (non-hydrogen) atoms. The van der Waals surface area contributed by atoms with E-state index in [0.717, 1.165) is 18.2 Å². The first-order chi connectivity index (χ1) is 17.4. The third-order valence-electron chi connectivity index (χ3n) is 5.12. The molecular weight excluding hydrogens is 518 g/mol. The highest BCUT2D eigenvalue weighted by atomic mass is 32.2. The zero-order valence-electron chi connectivity index (χ0n) is 20.9. The Balaban J connectivity index is 0.00000201. The number of amides is 1. The van der Waals surface area contributed by atoms with Crippen LogP contribution in [-0.2, 0) is 19.4 Å². The molecular formula is C25H31F4NO6S. The lowest BCUT2D eigenvalue weighted by atomic mass is 9.98. The number of nitrogens with zero attached hydrogens (tertiary/aromatic N) is 1. The van der Waals surface area contributed by atoms with Crippen molar-refractivity contribution in [3.63, 3.8) is 0 Å². The number of hydrogen-bond acceptors (Lipinski definition) is 6. The number of carbonyl (C=O) groups is 3. The number of benzene rings is 2. The molecule has 2 aromatic rings. The Morgan fingerprint density at radius 3 is 2.00 bits per heavy atom. The molecule has 1 amide bonds. The van der Waals surface area contributed by atoms with Gasteiger partial charge in [-0.2, -0.15) is 0 Å². The minimum absolute atomic E-state index is 0.0287. The molecule has 2 aromatic carbocycles. The summed E-state index contributed by atoms with van der Waals surface area (Å²) in [6.07, 6.45) is -4.16. The maximum absolute atomic E-state index is 13.0. The lowest BCUT2D eigenvalue weighted by Gasteiger charge is -2.32. The second-order valence-corrected chi connectivity index (χ2v) is 9.55. The van der Waals surface area contributed by atoms with Crippen molar-refractivity contribution in [3.05, 3.63) is 59.4 Å². The predicted molar refractivity (Wildman–Crippen MR) is 131 cm³/mol. The second-order valence-electron chi connectivity index (χ2n) is 7.52. The number of sulfone groups is 1. The van der Waals surface area contributed by atoms with E-state index in [0.29, 0.717) is 18.4 Å². The van der Waals surface area contributed by atoms with Crippen LogP contribution in [0.1, 0.15) is 42.6 Å². The fourth-order valence-corrected chi connectivity index (χ4v) is 5.23. The zero-order valence-corrected chi connectivity index (χ0v) is 21.7. The molecule has 0 unspecified atom stereocenters. The highest BCUT2D eigenvalue weighted by molar-refractivity contribution is 7.91. The summed E-state index contributed by atoms with van der Waals surface area (Å²) >= 11 is 0. The highest BCUT2D eigenvalue weighted by Crippen LogP contribution is 2.30. The van der Waals surface area contributed by atoms with Gasteiger partial charge in [0.05, 0.1) is 16.2 Å². The zero-order chi connectivity index (χ0) is 28.8. The van der Waals surface area contributed by atoms with Crippen LogP contribution in [0.25, 0.3) is 0 Å². The van der Waals surface area contributed by atoms with Gasteiger partial charge >= 0.3 is 6.36 Å². The van der Waals surface area contributed by atoms with E-state index < -0.39 is 33.7 Å². The molecule has 0 bridgehead atoms. The van der Waals surface area contributed by atoms with Gasteiger partial charge in [0, 0.05) is 13.1 Å². The summed E-state index contributed by atoms with van der Waals surface area (Å²) in [6, 6.07) is 8.56. The number of aryl methyl sites for hydroxylation is 1. The molecule has 0 spiro atoms. The minimum atomic E-state index is -4.93. The monoisotopic (exact) mass is 549 g/mol. The number of piperidine rings is 1. The largest absolute Gasteiger partial charge is 0.573 e. The summed E-state index contributed by atoms with van der Waals surface area (Å²) in [5, 5.41) is 0. The fraction of sp³-hybridized carbons (Fsp3) is 0.400. The molecule has 0 atom stereocenters. The Labute approximate surface area is 214 Å². The molecule has 1 aliphatic rings. The van der Waals surface area contributed by atoms with E-state index in [1.165, 1.54) is 29.2 Å². The van der Waals surface area contributed by atoms with Crippen LogP contribution in [0.2, 0.25) is 0 Å². The van der Waals surface area contributed by atoms with Crippen molar-refractivity contribution >= 4 is 29.3 Å². The van der Waals surface area contributed by atoms with Crippen LogP contribution in [0.3, 0.4) is 0 Å². The average molecular weight is 550 g/mol. The Morgan fingerprint density at radius 2 is 1.51 bits per heavy atom. The summed E-state index contributed by atoms with van der Waals surface area (Å²) in [6.45, 7) is 10.0. The molecule has 206 valence electrons. The van der Waals surface area contributed by atoms with Crippen LogP contribution in [0.4, 0.5) is 17.6 Å². The van der Waals surface area contributed by atoms with E-state index in [4.69, 9.17) is 9.59 Å². The molecule has 1 saturated heterocycles. The van der Waals surface area contributed by atoms with Gasteiger partial charge in [-0.05, 0) is 67.6 Å². The lowest BCUT2D eigenvalue weighted by molar-refractivity contribution is -0.274. The van der Waals surface area contributed by atoms with Crippen LogP contribution in [0, 0.1) is 18.7 Å². The Bertz CT molecular complexity index is 1080. The minimum Gasteiger partial charge on any atom is -0.405 e. The molecule has 3 rings (SSSR count). The smallest absolute Gasteiger partial charge is 0.405 e. The summed E-state index contributed by atoms with van der Waals surface area (Å²) in [4.78, 5) is 30.2. The van der Waals surface area contributed by atoms with E-state index in [1.807, 2.05) is 27.4 Å². The maximum atomic E-state index is 13.0. The number of carbonyl (C=O) groups excluding carboxylic acids is 3. The standard InChI is InChI=1S/C21H21F4NO4S.C2H6.2CH2O/c1-14-2-7-18(19(12-14)30-21(23,24)25)20(27)26-10-8-15(9-11-26)13-31(28,29)17-5-3-16(22)4-6-17;3*1-2/h2-7,12,15H,8-11,13H2,1H3;1-2H3;2*1H2. The fourth-order valence-electron chi connectivity index (χ4n) is 3.54. The third kappa shape index (κ3) is 10.7. The molecule has 0 N–H and O–H groups in total. The molecule has 12 heteroatoms. The van der Waals surface area contributed by atoms with Gasteiger partial charge in [-0.25, -0.2) is 12.8 Å². The number of rotatable bonds is 5. The average Bonchev–Trinajstić information content (AvgIpc) is 2.87. The van der Waals surface area contributed by atoms with Gasteiger partial charge < -0.3 is 19.2 Å². The first-order valence-electron chi connectivity index (χ1n) is 11.2. The number of halogens is 4. The van der Waals surface area contributed by atoms with E-state index in [1.54, 1.807) is 6.92 Å². The van der Waals surface area contributed by atoms with E-state index in [-0.39, 0.29) is 35.2 Å². The summed E-state index contributed by atoms with van der Waals surface area (Å²) in [5.74, 6) is -2.05. The summed E-state index contributed by atoms with van der Waals surface area (Å²) in [7, 11) is -3.61. The number of ether oxygens (including phenoxy) is 1. The number of likely N-dealkylation sites (tertiary alicyclic amines) is 1. The van der Waals surface area contributed by atoms with Crippen molar-refractivity contribution in [2.24, 2.45) is 5.92 Å². The van der Waals surface area contributed by atoms with Gasteiger partial charge in [0.25, 0.3) is 5.91 Å². The first-order valence-corrected chi connectivity index (χ1v) is 12.8. The summed E-state index contributed by atoms with van der Waals surface area (Å²) < 4.78 is 80.2. The van der Waals surface area contributed by atoms with Gasteiger partial charge in [-0.15, -0.1) is 13.2 Å².